The number of halogens is 1. The molecule has 1 aliphatic rings. The molecule has 0 atom stereocenters. The van der Waals surface area contributed by atoms with E-state index >= 15 is 0 Å². The van der Waals surface area contributed by atoms with Gasteiger partial charge in [-0.15, -0.1) is 24.0 Å². The third kappa shape index (κ3) is 8.85. The van der Waals surface area contributed by atoms with E-state index in [1.165, 1.54) is 0 Å². The summed E-state index contributed by atoms with van der Waals surface area (Å²) < 4.78 is 0. The Labute approximate surface area is 166 Å². The Hall–Kier alpha value is -0.0800. The fourth-order valence-electron chi connectivity index (χ4n) is 3.34. The Morgan fingerprint density at radius 3 is 2.21 bits per heavy atom. The van der Waals surface area contributed by atoms with Gasteiger partial charge in [0, 0.05) is 31.7 Å². The molecule has 0 heterocycles. The standard InChI is InChI=1S/C18H38N4O.HI/c1-6-19-17(21-14-18(23)10-7-8-11-18)20-12-9-13-22(15(2)3)16(4)5;/h15-16,23H,6-14H2,1-5H3,(H2,19,20,21);1H. The summed E-state index contributed by atoms with van der Waals surface area (Å²) in [5.41, 5.74) is -0.575. The summed E-state index contributed by atoms with van der Waals surface area (Å²) in [5.74, 6) is 0.827. The van der Waals surface area contributed by atoms with Gasteiger partial charge >= 0.3 is 0 Å². The number of guanidine groups is 1. The first-order valence-electron chi connectivity index (χ1n) is 9.38. The normalized spacial score (nSPS) is 17.5. The van der Waals surface area contributed by atoms with Gasteiger partial charge in [-0.3, -0.25) is 9.89 Å². The van der Waals surface area contributed by atoms with Crippen LogP contribution in [0.25, 0.3) is 0 Å². The largest absolute Gasteiger partial charge is 0.388 e. The average molecular weight is 454 g/mol. The molecule has 0 aromatic heterocycles. The predicted molar refractivity (Wildman–Crippen MR) is 114 cm³/mol. The van der Waals surface area contributed by atoms with Crippen LogP contribution in [0.15, 0.2) is 4.99 Å². The summed E-state index contributed by atoms with van der Waals surface area (Å²) in [7, 11) is 0. The van der Waals surface area contributed by atoms with Gasteiger partial charge < -0.3 is 15.7 Å². The monoisotopic (exact) mass is 454 g/mol. The highest BCUT2D eigenvalue weighted by Crippen LogP contribution is 2.29. The Morgan fingerprint density at radius 2 is 1.71 bits per heavy atom. The Bertz CT molecular complexity index is 347. The third-order valence-electron chi connectivity index (χ3n) is 4.62. The van der Waals surface area contributed by atoms with E-state index in [0.29, 0.717) is 18.6 Å². The number of rotatable bonds is 9. The molecule has 1 aliphatic carbocycles. The van der Waals surface area contributed by atoms with Crippen molar-refractivity contribution in [1.29, 1.82) is 0 Å². The van der Waals surface area contributed by atoms with Crippen molar-refractivity contribution in [3.8, 4) is 0 Å². The Kier molecular flexibility index (Phi) is 12.3. The molecule has 0 amide bonds. The van der Waals surface area contributed by atoms with E-state index < -0.39 is 5.60 Å². The molecule has 5 nitrogen and oxygen atoms in total. The van der Waals surface area contributed by atoms with Crippen LogP contribution < -0.4 is 10.6 Å². The summed E-state index contributed by atoms with van der Waals surface area (Å²) in [6.45, 7) is 14.4. The zero-order valence-electron chi connectivity index (χ0n) is 16.3. The highest BCUT2D eigenvalue weighted by Gasteiger charge is 2.30. The first-order chi connectivity index (χ1) is 10.9. The van der Waals surface area contributed by atoms with Crippen molar-refractivity contribution in [2.75, 3.05) is 26.2 Å². The highest BCUT2D eigenvalue weighted by molar-refractivity contribution is 14.0. The van der Waals surface area contributed by atoms with Gasteiger partial charge in [0.25, 0.3) is 0 Å². The van der Waals surface area contributed by atoms with Crippen LogP contribution in [0, 0.1) is 0 Å². The van der Waals surface area contributed by atoms with E-state index in [1.807, 2.05) is 0 Å². The lowest BCUT2D eigenvalue weighted by Crippen LogP contribution is -2.42. The number of hydrogen-bond donors (Lipinski definition) is 3. The van der Waals surface area contributed by atoms with Gasteiger partial charge in [0.2, 0.25) is 0 Å². The summed E-state index contributed by atoms with van der Waals surface area (Å²) in [6, 6.07) is 1.15. The average Bonchev–Trinajstić information content (AvgIpc) is 2.90. The van der Waals surface area contributed by atoms with Crippen LogP contribution >= 0.6 is 24.0 Å². The molecule has 144 valence electrons. The fourth-order valence-corrected chi connectivity index (χ4v) is 3.34. The molecule has 0 saturated heterocycles. The van der Waals surface area contributed by atoms with Gasteiger partial charge in [0.15, 0.2) is 5.96 Å². The van der Waals surface area contributed by atoms with Gasteiger partial charge in [-0.1, -0.05) is 12.8 Å². The van der Waals surface area contributed by atoms with Gasteiger partial charge in [-0.25, -0.2) is 0 Å². The lowest BCUT2D eigenvalue weighted by molar-refractivity contribution is 0.0574. The molecule has 0 unspecified atom stereocenters. The van der Waals surface area contributed by atoms with E-state index in [9.17, 15) is 5.11 Å². The lowest BCUT2D eigenvalue weighted by atomic mass is 10.0. The minimum absolute atomic E-state index is 0. The third-order valence-corrected chi connectivity index (χ3v) is 4.62. The van der Waals surface area contributed by atoms with E-state index in [4.69, 9.17) is 0 Å². The minimum Gasteiger partial charge on any atom is -0.388 e. The van der Waals surface area contributed by atoms with Crippen molar-refractivity contribution in [3.05, 3.63) is 0 Å². The van der Waals surface area contributed by atoms with Crippen molar-refractivity contribution >= 4 is 29.9 Å². The first kappa shape index (κ1) is 23.9. The zero-order valence-corrected chi connectivity index (χ0v) is 18.6. The molecule has 0 spiro atoms. The van der Waals surface area contributed by atoms with Crippen LogP contribution in [0.3, 0.4) is 0 Å². The van der Waals surface area contributed by atoms with E-state index in [1.54, 1.807) is 0 Å². The Balaban J connectivity index is 0.00000529. The summed E-state index contributed by atoms with van der Waals surface area (Å²) >= 11 is 0. The molecular formula is C18H39IN4O. The zero-order chi connectivity index (χ0) is 17.3. The minimum atomic E-state index is -0.575. The molecule has 1 fully saturated rings. The van der Waals surface area contributed by atoms with E-state index in [-0.39, 0.29) is 24.0 Å². The number of hydrogen-bond acceptors (Lipinski definition) is 3. The van der Waals surface area contributed by atoms with E-state index in [0.717, 1.165) is 57.7 Å². The van der Waals surface area contributed by atoms with Crippen LogP contribution in [0.4, 0.5) is 0 Å². The molecule has 0 bridgehead atoms. The lowest BCUT2D eigenvalue weighted by Gasteiger charge is -2.30. The molecule has 1 saturated carbocycles. The van der Waals surface area contributed by atoms with Gasteiger partial charge in [-0.2, -0.15) is 0 Å². The smallest absolute Gasteiger partial charge is 0.191 e. The van der Waals surface area contributed by atoms with E-state index in [2.05, 4.69) is 55.1 Å². The maximum Gasteiger partial charge on any atom is 0.191 e. The second-order valence-corrected chi connectivity index (χ2v) is 7.33. The quantitative estimate of drug-likeness (QED) is 0.217. The van der Waals surface area contributed by atoms with Gasteiger partial charge in [-0.05, 0) is 53.9 Å². The summed E-state index contributed by atoms with van der Waals surface area (Å²) in [4.78, 5) is 7.09. The second-order valence-electron chi connectivity index (χ2n) is 7.33. The maximum atomic E-state index is 10.4. The molecule has 0 radical (unpaired) electrons. The number of nitrogens with one attached hydrogen (secondary N) is 2. The molecule has 0 aliphatic heterocycles. The predicted octanol–water partition coefficient (Wildman–Crippen LogP) is 2.97. The summed E-state index contributed by atoms with van der Waals surface area (Å²) in [5, 5.41) is 17.1. The molecule has 24 heavy (non-hydrogen) atoms. The van der Waals surface area contributed by atoms with Crippen molar-refractivity contribution in [1.82, 2.24) is 15.5 Å². The van der Waals surface area contributed by atoms with Crippen molar-refractivity contribution in [2.24, 2.45) is 4.99 Å². The van der Waals surface area contributed by atoms with Gasteiger partial charge in [0.05, 0.1) is 12.1 Å². The highest BCUT2D eigenvalue weighted by atomic mass is 127. The van der Waals surface area contributed by atoms with Crippen molar-refractivity contribution < 1.29 is 5.11 Å². The number of aliphatic imine (C=N–C) groups is 1. The molecule has 0 aromatic rings. The van der Waals surface area contributed by atoms with Crippen LogP contribution in [-0.4, -0.2) is 59.8 Å². The SMILES string of the molecule is CCNC(=NCC1(O)CCCC1)NCCCN(C(C)C)C(C)C.I. The molecule has 3 N–H and O–H groups in total. The molecule has 0 aromatic carbocycles. The summed E-state index contributed by atoms with van der Waals surface area (Å²) in [6.07, 6.45) is 5.10. The fraction of sp³-hybridized carbons (Fsp3) is 0.944. The topological polar surface area (TPSA) is 59.9 Å². The second kappa shape index (κ2) is 12.3. The van der Waals surface area contributed by atoms with Crippen molar-refractivity contribution in [3.63, 3.8) is 0 Å². The number of nitrogens with zero attached hydrogens (tertiary/aromatic N) is 2. The Morgan fingerprint density at radius 1 is 1.12 bits per heavy atom. The van der Waals surface area contributed by atoms with Crippen LogP contribution in [0.1, 0.15) is 66.7 Å². The molecule has 1 rings (SSSR count). The number of aliphatic hydroxyl groups is 1. The van der Waals surface area contributed by atoms with Crippen LogP contribution in [-0.2, 0) is 0 Å². The van der Waals surface area contributed by atoms with Crippen molar-refractivity contribution in [2.45, 2.75) is 84.4 Å². The first-order valence-corrected chi connectivity index (χ1v) is 9.38. The van der Waals surface area contributed by atoms with Crippen LogP contribution in [0.2, 0.25) is 0 Å². The maximum absolute atomic E-state index is 10.4. The molecular weight excluding hydrogens is 415 g/mol. The molecule has 6 heteroatoms. The van der Waals surface area contributed by atoms with Crippen LogP contribution in [0.5, 0.6) is 0 Å². The van der Waals surface area contributed by atoms with Gasteiger partial charge in [0.1, 0.15) is 0 Å².